The molecule has 46 heavy (non-hydrogen) atoms. The molecule has 244 valence electrons. The summed E-state index contributed by atoms with van der Waals surface area (Å²) in [6.45, 7) is -5.25. The predicted octanol–water partition coefficient (Wildman–Crippen LogP) is 2.75. The molecule has 5 aliphatic rings. The highest BCUT2D eigenvalue weighted by atomic mass is 32.1. The maximum atomic E-state index is 13.7. The highest BCUT2D eigenvalue weighted by Crippen LogP contribution is 2.57. The molecule has 0 saturated carbocycles. The average molecular weight is 661 g/mol. The number of rotatable bonds is 6. The van der Waals surface area contributed by atoms with Crippen molar-refractivity contribution in [3.05, 3.63) is 63.3 Å². The number of ether oxygens (including phenoxy) is 9. The SMILES string of the molecule is [2H]C1([2H])OC(=O)[C@@H]2[C@H](c3cc(OC)c(O)c(OC)c3)c3cc4c(cc3[C@@H](O[C@@H]3O[C@H]5[C@@H](O[C@H](c6cccs6)OC5([2H])[2H])[C@H](O)[C@H]3O)[C@H]21)OCO4. The van der Waals surface area contributed by atoms with Gasteiger partial charge in [0, 0.05) is 11.8 Å². The third kappa shape index (κ3) is 4.70. The Morgan fingerprint density at radius 3 is 2.39 bits per heavy atom. The molecule has 13 nitrogen and oxygen atoms in total. The number of fused-ring (bicyclic) bond motifs is 4. The van der Waals surface area contributed by atoms with Crippen LogP contribution in [-0.4, -0.2) is 86.1 Å². The number of aliphatic hydroxyl groups is 2. The summed E-state index contributed by atoms with van der Waals surface area (Å²) < 4.78 is 86.3. The summed E-state index contributed by atoms with van der Waals surface area (Å²) in [5.41, 5.74) is 1.17. The van der Waals surface area contributed by atoms with E-state index in [1.54, 1.807) is 29.6 Å². The van der Waals surface area contributed by atoms with Gasteiger partial charge >= 0.3 is 5.97 Å². The van der Waals surface area contributed by atoms with Gasteiger partial charge in [0.1, 0.15) is 24.4 Å². The third-order valence-corrected chi connectivity index (χ3v) is 9.79. The molecule has 4 aliphatic heterocycles. The zero-order valence-corrected chi connectivity index (χ0v) is 25.2. The van der Waals surface area contributed by atoms with Crippen molar-refractivity contribution >= 4 is 17.3 Å². The second-order valence-corrected chi connectivity index (χ2v) is 12.3. The molecule has 3 aromatic rings. The Balaban J connectivity index is 1.22. The lowest BCUT2D eigenvalue weighted by Gasteiger charge is -2.48. The number of hydrogen-bond acceptors (Lipinski definition) is 14. The molecule has 0 radical (unpaired) electrons. The number of methoxy groups -OCH3 is 2. The van der Waals surface area contributed by atoms with Gasteiger partial charge in [0.05, 0.1) is 49.7 Å². The Hall–Kier alpha value is -3.63. The van der Waals surface area contributed by atoms with Crippen LogP contribution in [0.5, 0.6) is 28.7 Å². The molecule has 0 amide bonds. The van der Waals surface area contributed by atoms with Crippen LogP contribution in [0.4, 0.5) is 0 Å². The highest BCUT2D eigenvalue weighted by Gasteiger charge is 2.56. The van der Waals surface area contributed by atoms with Crippen molar-refractivity contribution in [1.82, 2.24) is 0 Å². The van der Waals surface area contributed by atoms with Crippen LogP contribution in [0.2, 0.25) is 0 Å². The first-order valence-corrected chi connectivity index (χ1v) is 15.4. The van der Waals surface area contributed by atoms with Crippen molar-refractivity contribution in [2.75, 3.05) is 34.1 Å². The molecule has 5 heterocycles. The van der Waals surface area contributed by atoms with Gasteiger partial charge in [-0.15, -0.1) is 11.3 Å². The molecular weight excluding hydrogens is 624 g/mol. The van der Waals surface area contributed by atoms with Gasteiger partial charge in [-0.2, -0.15) is 0 Å². The summed E-state index contributed by atoms with van der Waals surface area (Å²) in [4.78, 5) is 14.2. The van der Waals surface area contributed by atoms with E-state index in [1.165, 1.54) is 37.7 Å². The topological polar surface area (TPSA) is 161 Å². The number of phenolic OH excluding ortho intramolecular Hbond substituents is 1. The molecule has 2 aromatic carbocycles. The minimum absolute atomic E-state index is 0.0423. The number of carbonyl (C=O) groups is 1. The summed E-state index contributed by atoms with van der Waals surface area (Å²) in [6.07, 6.45) is -10.8. The number of phenols is 1. The summed E-state index contributed by atoms with van der Waals surface area (Å²) in [5.74, 6) is -3.99. The van der Waals surface area contributed by atoms with Gasteiger partial charge in [0.25, 0.3) is 0 Å². The van der Waals surface area contributed by atoms with Gasteiger partial charge in [0.2, 0.25) is 12.5 Å². The lowest BCUT2D eigenvalue weighted by molar-refractivity contribution is -0.368. The van der Waals surface area contributed by atoms with E-state index in [1.807, 2.05) is 0 Å². The van der Waals surface area contributed by atoms with E-state index in [2.05, 4.69) is 0 Å². The van der Waals surface area contributed by atoms with Crippen LogP contribution >= 0.6 is 11.3 Å². The fraction of sp³-hybridized carbons (Fsp3) is 0.469. The minimum atomic E-state index is -2.62. The number of cyclic esters (lactones) is 1. The van der Waals surface area contributed by atoms with E-state index >= 15 is 0 Å². The summed E-state index contributed by atoms with van der Waals surface area (Å²) in [5, 5.41) is 35.1. The number of esters is 1. The minimum Gasteiger partial charge on any atom is -0.502 e. The van der Waals surface area contributed by atoms with E-state index in [-0.39, 0.29) is 24.0 Å². The fourth-order valence-electron chi connectivity index (χ4n) is 6.71. The molecule has 1 aliphatic carbocycles. The molecule has 10 atom stereocenters. The number of aromatic hydroxyl groups is 1. The number of carbonyl (C=O) groups excluding carboxylic acids is 1. The number of aliphatic hydroxyl groups excluding tert-OH is 2. The summed E-state index contributed by atoms with van der Waals surface area (Å²) in [7, 11) is 2.70. The van der Waals surface area contributed by atoms with Gasteiger partial charge < -0.3 is 58.0 Å². The van der Waals surface area contributed by atoms with Gasteiger partial charge in [-0.05, 0) is 52.4 Å². The first-order chi connectivity index (χ1) is 23.8. The van der Waals surface area contributed by atoms with Crippen LogP contribution in [0.25, 0.3) is 0 Å². The van der Waals surface area contributed by atoms with Crippen LogP contribution in [0.15, 0.2) is 41.8 Å². The van der Waals surface area contributed by atoms with E-state index in [9.17, 15) is 20.1 Å². The smallest absolute Gasteiger partial charge is 0.310 e. The van der Waals surface area contributed by atoms with Crippen LogP contribution in [0, 0.1) is 11.8 Å². The highest BCUT2D eigenvalue weighted by molar-refractivity contribution is 7.10. The maximum Gasteiger partial charge on any atom is 0.310 e. The van der Waals surface area contributed by atoms with E-state index in [0.29, 0.717) is 33.1 Å². The molecule has 3 saturated heterocycles. The largest absolute Gasteiger partial charge is 0.502 e. The van der Waals surface area contributed by atoms with Crippen LogP contribution in [0.1, 0.15) is 45.4 Å². The molecule has 0 spiro atoms. The standard InChI is InChI=1S/C32H32O13S/c1-37-19-6-13(7-20(38-2)25(19)33)23-14-8-17-18(42-12-41-17)9-15(14)28(16-10-39-30(36)24(16)23)44-32-27(35)26(34)29-21(43-32)11-40-31(45-29)22-4-3-5-46-22/h3-9,16,21,23-24,26-29,31-35H,10-12H2,1-2H3/t16-,21+,23+,24-,26+,27+,28+,29+,31+,32-/m0/s1/i10D2,11D2. The van der Waals surface area contributed by atoms with Crippen molar-refractivity contribution in [3.63, 3.8) is 0 Å². The number of benzene rings is 2. The van der Waals surface area contributed by atoms with Gasteiger partial charge in [-0.25, -0.2) is 0 Å². The molecule has 8 rings (SSSR count). The van der Waals surface area contributed by atoms with Gasteiger partial charge in [-0.3, -0.25) is 4.79 Å². The lowest BCUT2D eigenvalue weighted by atomic mass is 9.66. The van der Waals surface area contributed by atoms with Crippen molar-refractivity contribution < 1.29 is 68.2 Å². The molecule has 14 heteroatoms. The van der Waals surface area contributed by atoms with Crippen molar-refractivity contribution in [1.29, 1.82) is 0 Å². The Labute approximate surface area is 272 Å². The number of hydrogen-bond donors (Lipinski definition) is 3. The Bertz CT molecular complexity index is 1780. The first-order valence-electron chi connectivity index (χ1n) is 16.5. The number of thiophene rings is 1. The quantitative estimate of drug-likeness (QED) is 0.332. The Kier molecular flexibility index (Phi) is 6.40. The third-order valence-electron chi connectivity index (χ3n) is 8.89. The summed E-state index contributed by atoms with van der Waals surface area (Å²) >= 11 is 1.26. The molecule has 0 unspecified atom stereocenters. The van der Waals surface area contributed by atoms with Crippen LogP contribution in [0.3, 0.4) is 0 Å². The monoisotopic (exact) mass is 660 g/mol. The Morgan fingerprint density at radius 2 is 1.70 bits per heavy atom. The molecule has 1 aromatic heterocycles. The maximum absolute atomic E-state index is 13.7. The molecule has 3 N–H and O–H groups in total. The summed E-state index contributed by atoms with van der Waals surface area (Å²) in [6, 6.07) is 9.65. The molecular formula is C32H32O13S. The van der Waals surface area contributed by atoms with E-state index in [4.69, 9.17) is 48.1 Å². The van der Waals surface area contributed by atoms with E-state index < -0.39 is 79.9 Å². The second kappa shape index (κ2) is 11.6. The zero-order valence-electron chi connectivity index (χ0n) is 28.4. The van der Waals surface area contributed by atoms with Crippen molar-refractivity contribution in [2.24, 2.45) is 11.8 Å². The molecule has 3 fully saturated rings. The second-order valence-electron chi connectivity index (χ2n) is 11.3. The van der Waals surface area contributed by atoms with Gasteiger partial charge in [0.15, 0.2) is 35.6 Å². The lowest BCUT2D eigenvalue weighted by Crippen LogP contribution is -2.62. The predicted molar refractivity (Wildman–Crippen MR) is 156 cm³/mol. The normalized spacial score (nSPS) is 37.8. The average Bonchev–Trinajstić information content (AvgIpc) is 3.83. The van der Waals surface area contributed by atoms with Crippen molar-refractivity contribution in [3.8, 4) is 28.7 Å². The fourth-order valence-corrected chi connectivity index (χ4v) is 7.40. The zero-order chi connectivity index (χ0) is 35.3. The molecule has 0 bridgehead atoms. The van der Waals surface area contributed by atoms with Crippen LogP contribution < -0.4 is 18.9 Å². The Morgan fingerprint density at radius 1 is 0.957 bits per heavy atom. The van der Waals surface area contributed by atoms with Crippen LogP contribution in [-0.2, 0) is 28.5 Å². The van der Waals surface area contributed by atoms with E-state index in [0.717, 1.165) is 0 Å². The van der Waals surface area contributed by atoms with Crippen molar-refractivity contribution in [2.45, 2.75) is 49.0 Å². The first kappa shape index (κ1) is 25.5. The van der Waals surface area contributed by atoms with Gasteiger partial charge in [-0.1, -0.05) is 6.07 Å².